The molecule has 1 aromatic rings. The van der Waals surface area contributed by atoms with Crippen LogP contribution < -0.4 is 5.32 Å². The van der Waals surface area contributed by atoms with Crippen molar-refractivity contribution in [3.63, 3.8) is 0 Å². The van der Waals surface area contributed by atoms with Crippen molar-refractivity contribution in [2.75, 3.05) is 13.2 Å². The number of aromatic nitrogens is 1. The van der Waals surface area contributed by atoms with Gasteiger partial charge < -0.3 is 15.0 Å². The van der Waals surface area contributed by atoms with Gasteiger partial charge in [-0.15, -0.1) is 0 Å². The first-order valence-corrected chi connectivity index (χ1v) is 4.90. The summed E-state index contributed by atoms with van der Waals surface area (Å²) in [5.74, 6) is 0. The SMILES string of the molecule is c1c[nH]c(CNCC2CCCO2)c1. The van der Waals surface area contributed by atoms with Gasteiger partial charge in [0.15, 0.2) is 0 Å². The lowest BCUT2D eigenvalue weighted by Gasteiger charge is -2.09. The van der Waals surface area contributed by atoms with Crippen LogP contribution in [0.4, 0.5) is 0 Å². The average molecular weight is 180 g/mol. The molecule has 0 aliphatic carbocycles. The summed E-state index contributed by atoms with van der Waals surface area (Å²) in [6, 6.07) is 4.10. The summed E-state index contributed by atoms with van der Waals surface area (Å²) in [5, 5.41) is 3.37. The van der Waals surface area contributed by atoms with Crippen molar-refractivity contribution in [3.8, 4) is 0 Å². The van der Waals surface area contributed by atoms with Gasteiger partial charge in [-0.25, -0.2) is 0 Å². The predicted octanol–water partition coefficient (Wildman–Crippen LogP) is 1.28. The van der Waals surface area contributed by atoms with E-state index in [1.165, 1.54) is 18.5 Å². The van der Waals surface area contributed by atoms with Crippen molar-refractivity contribution in [2.24, 2.45) is 0 Å². The maximum Gasteiger partial charge on any atom is 0.0700 e. The Labute approximate surface area is 78.5 Å². The van der Waals surface area contributed by atoms with Crippen LogP contribution in [0.25, 0.3) is 0 Å². The number of aromatic amines is 1. The molecule has 72 valence electrons. The van der Waals surface area contributed by atoms with Gasteiger partial charge in [0, 0.05) is 31.6 Å². The molecule has 1 saturated heterocycles. The monoisotopic (exact) mass is 180 g/mol. The minimum Gasteiger partial charge on any atom is -0.377 e. The maximum atomic E-state index is 5.50. The minimum absolute atomic E-state index is 0.440. The first kappa shape index (κ1) is 8.78. The summed E-state index contributed by atoms with van der Waals surface area (Å²) in [5.41, 5.74) is 1.23. The zero-order valence-corrected chi connectivity index (χ0v) is 7.75. The van der Waals surface area contributed by atoms with Crippen molar-refractivity contribution in [3.05, 3.63) is 24.0 Å². The third-order valence-corrected chi connectivity index (χ3v) is 2.37. The molecular weight excluding hydrogens is 164 g/mol. The highest BCUT2D eigenvalue weighted by molar-refractivity contribution is 5.02. The van der Waals surface area contributed by atoms with Crippen molar-refractivity contribution < 1.29 is 4.74 Å². The fourth-order valence-corrected chi connectivity index (χ4v) is 1.65. The quantitative estimate of drug-likeness (QED) is 0.732. The topological polar surface area (TPSA) is 37.0 Å². The fraction of sp³-hybridized carbons (Fsp3) is 0.600. The highest BCUT2D eigenvalue weighted by atomic mass is 16.5. The third kappa shape index (κ3) is 2.57. The van der Waals surface area contributed by atoms with Gasteiger partial charge >= 0.3 is 0 Å². The third-order valence-electron chi connectivity index (χ3n) is 2.37. The van der Waals surface area contributed by atoms with Crippen LogP contribution in [0.15, 0.2) is 18.3 Å². The van der Waals surface area contributed by atoms with Gasteiger partial charge in [-0.1, -0.05) is 0 Å². The zero-order chi connectivity index (χ0) is 8.93. The van der Waals surface area contributed by atoms with Crippen LogP contribution in [0.5, 0.6) is 0 Å². The molecule has 1 aliphatic heterocycles. The van der Waals surface area contributed by atoms with Gasteiger partial charge in [-0.3, -0.25) is 0 Å². The molecule has 0 bridgehead atoms. The Morgan fingerprint density at radius 2 is 2.62 bits per heavy atom. The summed E-state index contributed by atoms with van der Waals surface area (Å²) >= 11 is 0. The van der Waals surface area contributed by atoms with E-state index in [-0.39, 0.29) is 0 Å². The number of hydrogen-bond acceptors (Lipinski definition) is 2. The Morgan fingerprint density at radius 1 is 1.62 bits per heavy atom. The summed E-state index contributed by atoms with van der Waals surface area (Å²) < 4.78 is 5.50. The van der Waals surface area contributed by atoms with E-state index in [0.717, 1.165) is 19.7 Å². The summed E-state index contributed by atoms with van der Waals surface area (Å²) in [6.07, 6.45) is 4.81. The van der Waals surface area contributed by atoms with E-state index in [9.17, 15) is 0 Å². The van der Waals surface area contributed by atoms with Crippen molar-refractivity contribution in [2.45, 2.75) is 25.5 Å². The first-order chi connectivity index (χ1) is 6.45. The lowest BCUT2D eigenvalue weighted by Crippen LogP contribution is -2.25. The fourth-order valence-electron chi connectivity index (χ4n) is 1.65. The molecule has 3 heteroatoms. The standard InChI is InChI=1S/C10H16N2O/c1-3-9(12-5-1)7-11-8-10-4-2-6-13-10/h1,3,5,10-12H,2,4,6-8H2. The number of ether oxygens (including phenoxy) is 1. The molecule has 0 radical (unpaired) electrons. The molecule has 1 unspecified atom stereocenters. The molecular formula is C10H16N2O. The van der Waals surface area contributed by atoms with E-state index in [1.54, 1.807) is 0 Å². The lowest BCUT2D eigenvalue weighted by atomic mass is 10.2. The zero-order valence-electron chi connectivity index (χ0n) is 7.75. The molecule has 2 heterocycles. The summed E-state index contributed by atoms with van der Waals surface area (Å²) in [7, 11) is 0. The Morgan fingerprint density at radius 3 is 3.31 bits per heavy atom. The van der Waals surface area contributed by atoms with Gasteiger partial charge in [0.2, 0.25) is 0 Å². The van der Waals surface area contributed by atoms with E-state index in [4.69, 9.17) is 4.74 Å². The maximum absolute atomic E-state index is 5.50. The molecule has 2 N–H and O–H groups in total. The molecule has 0 amide bonds. The van der Waals surface area contributed by atoms with Crippen LogP contribution in [0.2, 0.25) is 0 Å². The van der Waals surface area contributed by atoms with E-state index in [0.29, 0.717) is 6.10 Å². The van der Waals surface area contributed by atoms with Crippen molar-refractivity contribution >= 4 is 0 Å². The second-order valence-electron chi connectivity index (χ2n) is 3.46. The van der Waals surface area contributed by atoms with E-state index in [1.807, 2.05) is 12.3 Å². The van der Waals surface area contributed by atoms with Crippen LogP contribution in [-0.4, -0.2) is 24.2 Å². The number of H-pyrrole nitrogens is 1. The highest BCUT2D eigenvalue weighted by Gasteiger charge is 2.14. The van der Waals surface area contributed by atoms with Crippen molar-refractivity contribution in [1.82, 2.24) is 10.3 Å². The van der Waals surface area contributed by atoms with Gasteiger partial charge in [-0.2, -0.15) is 0 Å². The predicted molar refractivity (Wildman–Crippen MR) is 51.5 cm³/mol. The molecule has 0 aromatic carbocycles. The highest BCUT2D eigenvalue weighted by Crippen LogP contribution is 2.10. The van der Waals surface area contributed by atoms with Gasteiger partial charge in [0.25, 0.3) is 0 Å². The Hall–Kier alpha value is -0.800. The number of rotatable bonds is 4. The molecule has 1 aromatic heterocycles. The van der Waals surface area contributed by atoms with Gasteiger partial charge in [-0.05, 0) is 25.0 Å². The largest absolute Gasteiger partial charge is 0.377 e. The van der Waals surface area contributed by atoms with Crippen LogP contribution in [0, 0.1) is 0 Å². The Balaban J connectivity index is 1.63. The molecule has 13 heavy (non-hydrogen) atoms. The van der Waals surface area contributed by atoms with Crippen LogP contribution >= 0.6 is 0 Å². The van der Waals surface area contributed by atoms with E-state index < -0.39 is 0 Å². The minimum atomic E-state index is 0.440. The Kier molecular flexibility index (Phi) is 3.00. The molecule has 2 rings (SSSR count). The van der Waals surface area contributed by atoms with Gasteiger partial charge in [0.05, 0.1) is 6.10 Å². The number of nitrogens with one attached hydrogen (secondary N) is 2. The molecule has 1 fully saturated rings. The summed E-state index contributed by atoms with van der Waals surface area (Å²) in [6.45, 7) is 2.82. The second kappa shape index (κ2) is 4.44. The van der Waals surface area contributed by atoms with Crippen LogP contribution in [-0.2, 0) is 11.3 Å². The molecule has 1 atom stereocenters. The van der Waals surface area contributed by atoms with E-state index >= 15 is 0 Å². The van der Waals surface area contributed by atoms with Gasteiger partial charge in [0.1, 0.15) is 0 Å². The van der Waals surface area contributed by atoms with Crippen LogP contribution in [0.1, 0.15) is 18.5 Å². The molecule has 0 spiro atoms. The molecule has 0 saturated carbocycles. The first-order valence-electron chi connectivity index (χ1n) is 4.90. The normalized spacial score (nSPS) is 22.3. The Bertz CT molecular complexity index is 227. The molecule has 1 aliphatic rings. The smallest absolute Gasteiger partial charge is 0.0700 e. The van der Waals surface area contributed by atoms with Crippen molar-refractivity contribution in [1.29, 1.82) is 0 Å². The average Bonchev–Trinajstić information content (AvgIpc) is 2.75. The summed E-state index contributed by atoms with van der Waals surface area (Å²) in [4.78, 5) is 3.16. The lowest BCUT2D eigenvalue weighted by molar-refractivity contribution is 0.110. The molecule has 3 nitrogen and oxygen atoms in total. The number of hydrogen-bond donors (Lipinski definition) is 2. The van der Waals surface area contributed by atoms with E-state index in [2.05, 4.69) is 16.4 Å². The second-order valence-corrected chi connectivity index (χ2v) is 3.46. The van der Waals surface area contributed by atoms with Crippen LogP contribution in [0.3, 0.4) is 0 Å².